The molecule has 1 rings (SSSR count). The van der Waals surface area contributed by atoms with Crippen molar-refractivity contribution in [1.82, 2.24) is 5.32 Å². The number of carbonyl (C=O) groups is 1. The van der Waals surface area contributed by atoms with Crippen molar-refractivity contribution in [3.63, 3.8) is 0 Å². The van der Waals surface area contributed by atoms with E-state index in [0.717, 1.165) is 6.42 Å². The van der Waals surface area contributed by atoms with Gasteiger partial charge in [-0.2, -0.15) is 0 Å². The molecule has 1 aromatic carbocycles. The number of rotatable bonds is 6. The molecule has 0 bridgehead atoms. The fraction of sp³-hybridized carbons (Fsp3) is 0.333. The molecule has 3 N–H and O–H groups in total. The summed E-state index contributed by atoms with van der Waals surface area (Å²) < 4.78 is 5.11. The number of benzene rings is 1. The summed E-state index contributed by atoms with van der Waals surface area (Å²) >= 11 is 10.6. The maximum Gasteiger partial charge on any atom is 0.255 e. The zero-order valence-electron chi connectivity index (χ0n) is 10.0. The monoisotopic (exact) mass is 286 g/mol. The SMILES string of the molecule is COc1cc(Cl)ccc1C(=O)NCCCC(N)=S. The molecule has 0 radical (unpaired) electrons. The summed E-state index contributed by atoms with van der Waals surface area (Å²) in [5, 5.41) is 3.30. The van der Waals surface area contributed by atoms with Crippen LogP contribution in [0.2, 0.25) is 5.02 Å². The van der Waals surface area contributed by atoms with Crippen LogP contribution >= 0.6 is 23.8 Å². The summed E-state index contributed by atoms with van der Waals surface area (Å²) in [6.45, 7) is 0.516. The number of nitrogens with two attached hydrogens (primary N) is 1. The van der Waals surface area contributed by atoms with Gasteiger partial charge in [-0.3, -0.25) is 4.79 Å². The first kappa shape index (κ1) is 14.7. The van der Waals surface area contributed by atoms with Crippen LogP contribution in [-0.4, -0.2) is 24.6 Å². The second-order valence-corrected chi connectivity index (χ2v) is 4.63. The lowest BCUT2D eigenvalue weighted by Crippen LogP contribution is -2.25. The third kappa shape index (κ3) is 4.50. The largest absolute Gasteiger partial charge is 0.496 e. The van der Waals surface area contributed by atoms with Crippen LogP contribution in [0.3, 0.4) is 0 Å². The summed E-state index contributed by atoms with van der Waals surface area (Å²) in [5.41, 5.74) is 5.82. The van der Waals surface area contributed by atoms with E-state index in [4.69, 9.17) is 34.3 Å². The molecule has 6 heteroatoms. The van der Waals surface area contributed by atoms with Crippen LogP contribution in [0.25, 0.3) is 0 Å². The molecule has 0 aliphatic carbocycles. The molecule has 1 aromatic rings. The van der Waals surface area contributed by atoms with Crippen LogP contribution in [0.1, 0.15) is 23.2 Å². The lowest BCUT2D eigenvalue weighted by Gasteiger charge is -2.09. The number of halogens is 1. The molecule has 98 valence electrons. The average molecular weight is 287 g/mol. The molecule has 0 atom stereocenters. The Morgan fingerprint density at radius 2 is 2.28 bits per heavy atom. The maximum atomic E-state index is 11.9. The molecule has 4 nitrogen and oxygen atoms in total. The topological polar surface area (TPSA) is 64.3 Å². The predicted octanol–water partition coefficient (Wildman–Crippen LogP) is 2.14. The van der Waals surface area contributed by atoms with Gasteiger partial charge in [-0.05, 0) is 31.0 Å². The van der Waals surface area contributed by atoms with Gasteiger partial charge < -0.3 is 15.8 Å². The molecule has 0 fully saturated rings. The van der Waals surface area contributed by atoms with Crippen LogP contribution in [0.4, 0.5) is 0 Å². The summed E-state index contributed by atoms with van der Waals surface area (Å²) in [6.07, 6.45) is 1.34. The Labute approximate surface area is 116 Å². The van der Waals surface area contributed by atoms with Crippen LogP contribution in [-0.2, 0) is 0 Å². The molecule has 0 unspecified atom stereocenters. The van der Waals surface area contributed by atoms with Crippen LogP contribution in [0.15, 0.2) is 18.2 Å². The second-order valence-electron chi connectivity index (χ2n) is 3.67. The Hall–Kier alpha value is -1.33. The molecular weight excluding hydrogens is 272 g/mol. The predicted molar refractivity (Wildman–Crippen MR) is 76.4 cm³/mol. The van der Waals surface area contributed by atoms with Crippen molar-refractivity contribution >= 4 is 34.7 Å². The Kier molecular flexibility index (Phi) is 5.88. The second kappa shape index (κ2) is 7.18. The minimum atomic E-state index is -0.202. The third-order valence-corrected chi connectivity index (χ3v) is 2.73. The molecule has 0 saturated heterocycles. The van der Waals surface area contributed by atoms with E-state index in [-0.39, 0.29) is 5.91 Å². The maximum absolute atomic E-state index is 11.9. The highest BCUT2D eigenvalue weighted by Gasteiger charge is 2.11. The first-order valence-corrected chi connectivity index (χ1v) is 6.23. The normalized spacial score (nSPS) is 9.89. The number of nitrogens with one attached hydrogen (secondary N) is 1. The highest BCUT2D eigenvalue weighted by molar-refractivity contribution is 7.80. The Morgan fingerprint density at radius 3 is 2.89 bits per heavy atom. The number of carbonyl (C=O) groups excluding carboxylic acids is 1. The van der Waals surface area contributed by atoms with Crippen molar-refractivity contribution in [2.24, 2.45) is 5.73 Å². The van der Waals surface area contributed by atoms with Gasteiger partial charge >= 0.3 is 0 Å². The highest BCUT2D eigenvalue weighted by atomic mass is 35.5. The van der Waals surface area contributed by atoms with Crippen molar-refractivity contribution in [3.05, 3.63) is 28.8 Å². The Bertz CT molecular complexity index is 452. The standard InChI is InChI=1S/C12H15ClN2O2S/c1-17-10-7-8(13)4-5-9(10)12(16)15-6-2-3-11(14)18/h4-5,7H,2-3,6H2,1H3,(H2,14,18)(H,15,16). The zero-order chi connectivity index (χ0) is 13.5. The van der Waals surface area contributed by atoms with E-state index in [1.807, 2.05) is 0 Å². The number of ether oxygens (including phenoxy) is 1. The van der Waals surface area contributed by atoms with Gasteiger partial charge in [-0.25, -0.2) is 0 Å². The van der Waals surface area contributed by atoms with Gasteiger partial charge in [0.25, 0.3) is 5.91 Å². The van der Waals surface area contributed by atoms with E-state index in [9.17, 15) is 4.79 Å². The molecule has 0 heterocycles. The molecule has 0 aliphatic heterocycles. The summed E-state index contributed by atoms with van der Waals surface area (Å²) in [7, 11) is 1.50. The molecule has 0 aliphatic rings. The van der Waals surface area contributed by atoms with Gasteiger partial charge in [0.1, 0.15) is 5.75 Å². The van der Waals surface area contributed by atoms with Crippen molar-refractivity contribution in [2.75, 3.05) is 13.7 Å². The zero-order valence-corrected chi connectivity index (χ0v) is 11.6. The van der Waals surface area contributed by atoms with Gasteiger partial charge in [-0.1, -0.05) is 23.8 Å². The van der Waals surface area contributed by atoms with Crippen molar-refractivity contribution < 1.29 is 9.53 Å². The first-order chi connectivity index (χ1) is 8.54. The van der Waals surface area contributed by atoms with Crippen LogP contribution in [0.5, 0.6) is 5.75 Å². The van der Waals surface area contributed by atoms with Gasteiger partial charge in [0, 0.05) is 11.6 Å². The molecule has 18 heavy (non-hydrogen) atoms. The van der Waals surface area contributed by atoms with E-state index in [1.165, 1.54) is 7.11 Å². The van der Waals surface area contributed by atoms with E-state index in [0.29, 0.717) is 34.3 Å². The Balaban J connectivity index is 2.58. The van der Waals surface area contributed by atoms with Gasteiger partial charge in [0.2, 0.25) is 0 Å². The smallest absolute Gasteiger partial charge is 0.255 e. The molecule has 0 saturated carbocycles. The average Bonchev–Trinajstić information content (AvgIpc) is 2.33. The summed E-state index contributed by atoms with van der Waals surface area (Å²) in [5.74, 6) is 0.251. The van der Waals surface area contributed by atoms with E-state index in [2.05, 4.69) is 5.32 Å². The molecular formula is C12H15ClN2O2S. The van der Waals surface area contributed by atoms with Gasteiger partial charge in [0.05, 0.1) is 17.7 Å². The number of hydrogen-bond donors (Lipinski definition) is 2. The van der Waals surface area contributed by atoms with E-state index < -0.39 is 0 Å². The lowest BCUT2D eigenvalue weighted by atomic mass is 10.2. The minimum Gasteiger partial charge on any atom is -0.496 e. The fourth-order valence-electron chi connectivity index (χ4n) is 1.41. The van der Waals surface area contributed by atoms with E-state index >= 15 is 0 Å². The van der Waals surface area contributed by atoms with Crippen molar-refractivity contribution in [2.45, 2.75) is 12.8 Å². The Morgan fingerprint density at radius 1 is 1.56 bits per heavy atom. The van der Waals surface area contributed by atoms with Crippen molar-refractivity contribution in [1.29, 1.82) is 0 Å². The molecule has 1 amide bonds. The quantitative estimate of drug-likeness (QED) is 0.621. The van der Waals surface area contributed by atoms with Crippen LogP contribution < -0.4 is 15.8 Å². The molecule has 0 spiro atoms. The van der Waals surface area contributed by atoms with Crippen LogP contribution in [0, 0.1) is 0 Å². The fourth-order valence-corrected chi connectivity index (χ4v) is 1.72. The summed E-state index contributed by atoms with van der Waals surface area (Å²) in [6, 6.07) is 4.88. The number of methoxy groups -OCH3 is 1. The third-order valence-electron chi connectivity index (χ3n) is 2.29. The molecule has 0 aromatic heterocycles. The van der Waals surface area contributed by atoms with Gasteiger partial charge in [0.15, 0.2) is 0 Å². The van der Waals surface area contributed by atoms with E-state index in [1.54, 1.807) is 18.2 Å². The highest BCUT2D eigenvalue weighted by Crippen LogP contribution is 2.22. The minimum absolute atomic E-state index is 0.202. The number of amides is 1. The first-order valence-electron chi connectivity index (χ1n) is 5.44. The van der Waals surface area contributed by atoms with Gasteiger partial charge in [-0.15, -0.1) is 0 Å². The van der Waals surface area contributed by atoms with Crippen molar-refractivity contribution in [3.8, 4) is 5.75 Å². The lowest BCUT2D eigenvalue weighted by molar-refractivity contribution is 0.0950. The number of hydrogen-bond acceptors (Lipinski definition) is 3. The summed E-state index contributed by atoms with van der Waals surface area (Å²) in [4.78, 5) is 12.3. The number of thiocarbonyl (C=S) groups is 1.